The van der Waals surface area contributed by atoms with Crippen molar-refractivity contribution in [1.82, 2.24) is 0 Å². The zero-order chi connectivity index (χ0) is 14.3. The molecule has 0 aromatic heterocycles. The van der Waals surface area contributed by atoms with Crippen LogP contribution in [0.3, 0.4) is 0 Å². The highest BCUT2D eigenvalue weighted by molar-refractivity contribution is 6.31. The summed E-state index contributed by atoms with van der Waals surface area (Å²) in [5, 5.41) is -0.138. The van der Waals surface area contributed by atoms with Crippen molar-refractivity contribution in [1.29, 1.82) is 0 Å². The minimum absolute atomic E-state index is 0.0376. The van der Waals surface area contributed by atoms with Gasteiger partial charge in [0, 0.05) is 0 Å². The van der Waals surface area contributed by atoms with E-state index < -0.39 is 11.6 Å². The molecule has 0 saturated carbocycles. The molecule has 0 saturated heterocycles. The molecule has 1 atom stereocenters. The molecule has 0 heterocycles. The number of hydrogen-bond donors (Lipinski definition) is 0. The second-order valence-electron chi connectivity index (χ2n) is 5.12. The van der Waals surface area contributed by atoms with Crippen molar-refractivity contribution in [2.45, 2.75) is 25.2 Å². The van der Waals surface area contributed by atoms with Crippen LogP contribution in [0, 0.1) is 17.5 Å². The predicted octanol–water partition coefficient (Wildman–Crippen LogP) is 5.03. The second kappa shape index (κ2) is 5.13. The minimum Gasteiger partial charge on any atom is -0.207 e. The monoisotopic (exact) mass is 296 g/mol. The molecule has 0 bridgehead atoms. The van der Waals surface area contributed by atoms with Crippen molar-refractivity contribution < 1.29 is 13.2 Å². The van der Waals surface area contributed by atoms with Crippen molar-refractivity contribution in [3.05, 3.63) is 69.5 Å². The maximum absolute atomic E-state index is 13.5. The van der Waals surface area contributed by atoms with E-state index in [4.69, 9.17) is 11.6 Å². The van der Waals surface area contributed by atoms with Crippen LogP contribution in [0.15, 0.2) is 30.3 Å². The van der Waals surface area contributed by atoms with Crippen LogP contribution >= 0.6 is 11.6 Å². The highest BCUT2D eigenvalue weighted by atomic mass is 35.5. The van der Waals surface area contributed by atoms with Gasteiger partial charge in [-0.2, -0.15) is 0 Å². The molecule has 0 aliphatic heterocycles. The number of halogens is 4. The maximum Gasteiger partial charge on any atom is 0.177 e. The van der Waals surface area contributed by atoms with Gasteiger partial charge >= 0.3 is 0 Å². The van der Waals surface area contributed by atoms with Gasteiger partial charge < -0.3 is 0 Å². The SMILES string of the molecule is Fc1ccc2c(c1)CC[C@@H](c1ccc(F)c(F)c1Cl)C2. The van der Waals surface area contributed by atoms with Gasteiger partial charge in [-0.3, -0.25) is 0 Å². The van der Waals surface area contributed by atoms with Crippen LogP contribution in [0.25, 0.3) is 0 Å². The summed E-state index contributed by atoms with van der Waals surface area (Å²) >= 11 is 5.91. The average molecular weight is 297 g/mol. The van der Waals surface area contributed by atoms with E-state index in [1.165, 1.54) is 6.07 Å². The summed E-state index contributed by atoms with van der Waals surface area (Å²) in [6.45, 7) is 0. The Morgan fingerprint density at radius 2 is 1.80 bits per heavy atom. The number of benzene rings is 2. The van der Waals surface area contributed by atoms with E-state index in [1.54, 1.807) is 18.2 Å². The van der Waals surface area contributed by atoms with E-state index in [9.17, 15) is 13.2 Å². The minimum atomic E-state index is -0.992. The molecule has 1 aliphatic rings. The molecule has 0 unspecified atom stereocenters. The lowest BCUT2D eigenvalue weighted by molar-refractivity contribution is 0.501. The zero-order valence-electron chi connectivity index (χ0n) is 10.6. The lowest BCUT2D eigenvalue weighted by Crippen LogP contribution is -2.14. The quantitative estimate of drug-likeness (QED) is 0.648. The first-order valence-electron chi connectivity index (χ1n) is 6.47. The van der Waals surface area contributed by atoms with Crippen LogP contribution in [0.2, 0.25) is 5.02 Å². The Morgan fingerprint density at radius 3 is 2.60 bits per heavy atom. The molecular formula is C16H12ClF3. The Bertz CT molecular complexity index is 667. The van der Waals surface area contributed by atoms with E-state index >= 15 is 0 Å². The normalized spacial score (nSPS) is 17.9. The van der Waals surface area contributed by atoms with Gasteiger partial charge in [0.05, 0.1) is 5.02 Å². The maximum atomic E-state index is 13.5. The topological polar surface area (TPSA) is 0 Å². The summed E-state index contributed by atoms with van der Waals surface area (Å²) in [6, 6.07) is 7.37. The van der Waals surface area contributed by atoms with Crippen molar-refractivity contribution in [2.24, 2.45) is 0 Å². The highest BCUT2D eigenvalue weighted by Gasteiger charge is 2.24. The molecule has 104 valence electrons. The van der Waals surface area contributed by atoms with Crippen LogP contribution in [0.4, 0.5) is 13.2 Å². The first kappa shape index (κ1) is 13.5. The Morgan fingerprint density at radius 1 is 1.00 bits per heavy atom. The number of aryl methyl sites for hydroxylation is 1. The highest BCUT2D eigenvalue weighted by Crippen LogP contribution is 2.37. The average Bonchev–Trinajstić information content (AvgIpc) is 2.44. The smallest absolute Gasteiger partial charge is 0.177 e. The van der Waals surface area contributed by atoms with Crippen LogP contribution in [0.5, 0.6) is 0 Å². The first-order chi connectivity index (χ1) is 9.56. The zero-order valence-corrected chi connectivity index (χ0v) is 11.4. The predicted molar refractivity (Wildman–Crippen MR) is 72.5 cm³/mol. The molecule has 20 heavy (non-hydrogen) atoms. The van der Waals surface area contributed by atoms with Gasteiger partial charge in [0.25, 0.3) is 0 Å². The molecule has 4 heteroatoms. The molecule has 1 aliphatic carbocycles. The van der Waals surface area contributed by atoms with Gasteiger partial charge in [0.1, 0.15) is 5.82 Å². The van der Waals surface area contributed by atoms with E-state index in [2.05, 4.69) is 0 Å². The molecule has 0 nitrogen and oxygen atoms in total. The molecule has 0 radical (unpaired) electrons. The van der Waals surface area contributed by atoms with Crippen molar-refractivity contribution in [2.75, 3.05) is 0 Å². The number of fused-ring (bicyclic) bond motifs is 1. The summed E-state index contributed by atoms with van der Waals surface area (Å²) in [6.07, 6.45) is 2.13. The summed E-state index contributed by atoms with van der Waals surface area (Å²) in [5.74, 6) is -2.13. The van der Waals surface area contributed by atoms with Gasteiger partial charge in [0.2, 0.25) is 0 Å². The molecular weight excluding hydrogens is 285 g/mol. The third-order valence-corrected chi connectivity index (χ3v) is 4.29. The molecule has 0 N–H and O–H groups in total. The summed E-state index contributed by atoms with van der Waals surface area (Å²) in [7, 11) is 0. The van der Waals surface area contributed by atoms with E-state index in [-0.39, 0.29) is 16.8 Å². The fourth-order valence-corrected chi connectivity index (χ4v) is 3.15. The Hall–Kier alpha value is -1.48. The Balaban J connectivity index is 1.94. The third-order valence-electron chi connectivity index (χ3n) is 3.90. The standard InChI is InChI=1S/C16H12ClF3/c17-15-13(5-6-14(19)16(15)20)11-2-1-10-8-12(18)4-3-9(10)7-11/h3-6,8,11H,1-2,7H2/t11-/m1/s1. The van der Waals surface area contributed by atoms with Crippen molar-refractivity contribution >= 4 is 11.6 Å². The van der Waals surface area contributed by atoms with Crippen LogP contribution in [-0.4, -0.2) is 0 Å². The molecule has 3 rings (SSSR count). The summed E-state index contributed by atoms with van der Waals surface area (Å²) < 4.78 is 39.8. The van der Waals surface area contributed by atoms with Gasteiger partial charge in [-0.25, -0.2) is 13.2 Å². The molecule has 0 amide bonds. The Labute approximate surface area is 120 Å². The molecule has 0 fully saturated rings. The van der Waals surface area contributed by atoms with Crippen molar-refractivity contribution in [3.8, 4) is 0 Å². The fraction of sp³-hybridized carbons (Fsp3) is 0.250. The van der Waals surface area contributed by atoms with E-state index in [1.807, 2.05) is 0 Å². The summed E-state index contributed by atoms with van der Waals surface area (Å²) in [5.41, 5.74) is 2.66. The summed E-state index contributed by atoms with van der Waals surface area (Å²) in [4.78, 5) is 0. The molecule has 2 aromatic carbocycles. The number of rotatable bonds is 1. The van der Waals surface area contributed by atoms with Gasteiger partial charge in [-0.05, 0) is 60.1 Å². The van der Waals surface area contributed by atoms with E-state index in [0.29, 0.717) is 18.4 Å². The van der Waals surface area contributed by atoms with Gasteiger partial charge in [-0.1, -0.05) is 23.7 Å². The Kier molecular flexibility index (Phi) is 3.47. The van der Waals surface area contributed by atoms with Gasteiger partial charge in [-0.15, -0.1) is 0 Å². The van der Waals surface area contributed by atoms with Gasteiger partial charge in [0.15, 0.2) is 11.6 Å². The lowest BCUT2D eigenvalue weighted by Gasteiger charge is -2.25. The van der Waals surface area contributed by atoms with Crippen LogP contribution < -0.4 is 0 Å². The van der Waals surface area contributed by atoms with E-state index in [0.717, 1.165) is 23.6 Å². The molecule has 0 spiro atoms. The van der Waals surface area contributed by atoms with Crippen LogP contribution in [-0.2, 0) is 12.8 Å². The largest absolute Gasteiger partial charge is 0.207 e. The van der Waals surface area contributed by atoms with Crippen molar-refractivity contribution in [3.63, 3.8) is 0 Å². The molecule has 2 aromatic rings. The first-order valence-corrected chi connectivity index (χ1v) is 6.84. The van der Waals surface area contributed by atoms with Crippen LogP contribution in [0.1, 0.15) is 29.0 Å². The third kappa shape index (κ3) is 2.31. The number of hydrogen-bond acceptors (Lipinski definition) is 0. The lowest BCUT2D eigenvalue weighted by atomic mass is 9.80. The second-order valence-corrected chi connectivity index (χ2v) is 5.50. The fourth-order valence-electron chi connectivity index (χ4n) is 2.85.